The summed E-state index contributed by atoms with van der Waals surface area (Å²) in [5.41, 5.74) is 1.59. The Morgan fingerprint density at radius 2 is 1.42 bits per heavy atom. The van der Waals surface area contributed by atoms with Crippen LogP contribution in [0, 0.1) is 0 Å². The quantitative estimate of drug-likeness (QED) is 0.888. The summed E-state index contributed by atoms with van der Waals surface area (Å²) in [6.07, 6.45) is 0. The Morgan fingerprint density at radius 3 is 1.95 bits per heavy atom. The molecule has 2 aromatic carbocycles. The topological polar surface area (TPSA) is 29.1 Å². The number of carbonyl (C=O) groups is 1. The van der Waals surface area contributed by atoms with Crippen molar-refractivity contribution in [1.29, 1.82) is 0 Å². The summed E-state index contributed by atoms with van der Waals surface area (Å²) in [6.45, 7) is 1.93. The fraction of sp³-hybridized carbons (Fsp3) is 0.133. The van der Waals surface area contributed by atoms with Crippen molar-refractivity contribution < 1.29 is 4.79 Å². The second-order valence-electron chi connectivity index (χ2n) is 4.25. The molecule has 2 rings (SSSR count). The number of hydrogen-bond acceptors (Lipinski definition) is 1. The SMILES string of the molecule is C[C@H](NC(=O)c1ccc(Cl)cc1)c1ccc(Cl)cc1. The van der Waals surface area contributed by atoms with Gasteiger partial charge in [0.15, 0.2) is 0 Å². The van der Waals surface area contributed by atoms with E-state index in [0.717, 1.165) is 5.56 Å². The van der Waals surface area contributed by atoms with Gasteiger partial charge in [0.1, 0.15) is 0 Å². The number of nitrogens with one attached hydrogen (secondary N) is 1. The summed E-state index contributed by atoms with van der Waals surface area (Å²) in [5, 5.41) is 4.22. The van der Waals surface area contributed by atoms with Gasteiger partial charge in [0.2, 0.25) is 0 Å². The van der Waals surface area contributed by atoms with Gasteiger partial charge in [-0.25, -0.2) is 0 Å². The molecule has 2 nitrogen and oxygen atoms in total. The molecule has 0 aliphatic heterocycles. The fourth-order valence-corrected chi connectivity index (χ4v) is 1.97. The van der Waals surface area contributed by atoms with Crippen LogP contribution in [0.1, 0.15) is 28.9 Å². The van der Waals surface area contributed by atoms with Crippen LogP contribution in [0.4, 0.5) is 0 Å². The van der Waals surface area contributed by atoms with Crippen LogP contribution in [-0.2, 0) is 0 Å². The van der Waals surface area contributed by atoms with E-state index in [0.29, 0.717) is 15.6 Å². The van der Waals surface area contributed by atoms with Crippen molar-refractivity contribution >= 4 is 29.1 Å². The summed E-state index contributed by atoms with van der Waals surface area (Å²) >= 11 is 11.6. The van der Waals surface area contributed by atoms with Crippen LogP contribution < -0.4 is 5.32 Å². The molecule has 0 spiro atoms. The van der Waals surface area contributed by atoms with Crippen LogP contribution in [0.2, 0.25) is 10.0 Å². The Kier molecular flexibility index (Phi) is 4.46. The van der Waals surface area contributed by atoms with Gasteiger partial charge in [0.05, 0.1) is 6.04 Å². The average molecular weight is 294 g/mol. The van der Waals surface area contributed by atoms with Crippen molar-refractivity contribution in [2.24, 2.45) is 0 Å². The van der Waals surface area contributed by atoms with Crippen molar-refractivity contribution in [3.8, 4) is 0 Å². The number of amides is 1. The Balaban J connectivity index is 2.06. The minimum atomic E-state index is -0.126. The van der Waals surface area contributed by atoms with E-state index in [9.17, 15) is 4.79 Å². The number of hydrogen-bond donors (Lipinski definition) is 1. The smallest absolute Gasteiger partial charge is 0.251 e. The molecule has 2 aromatic rings. The maximum atomic E-state index is 12.0. The Morgan fingerprint density at radius 1 is 0.947 bits per heavy atom. The van der Waals surface area contributed by atoms with Crippen molar-refractivity contribution in [2.45, 2.75) is 13.0 Å². The second kappa shape index (κ2) is 6.09. The summed E-state index contributed by atoms with van der Waals surface area (Å²) in [4.78, 5) is 12.0. The number of rotatable bonds is 3. The van der Waals surface area contributed by atoms with Gasteiger partial charge in [-0.2, -0.15) is 0 Å². The lowest BCUT2D eigenvalue weighted by Crippen LogP contribution is -2.26. The van der Waals surface area contributed by atoms with Crippen LogP contribution >= 0.6 is 23.2 Å². The first kappa shape index (κ1) is 13.9. The molecular weight excluding hydrogens is 281 g/mol. The fourth-order valence-electron chi connectivity index (χ4n) is 1.72. The summed E-state index contributed by atoms with van der Waals surface area (Å²) in [7, 11) is 0. The molecule has 1 amide bonds. The van der Waals surface area contributed by atoms with Gasteiger partial charge < -0.3 is 5.32 Å². The lowest BCUT2D eigenvalue weighted by atomic mass is 10.1. The minimum Gasteiger partial charge on any atom is -0.346 e. The highest BCUT2D eigenvalue weighted by atomic mass is 35.5. The van der Waals surface area contributed by atoms with Crippen molar-refractivity contribution in [2.75, 3.05) is 0 Å². The first-order chi connectivity index (χ1) is 9.06. The van der Waals surface area contributed by atoms with E-state index >= 15 is 0 Å². The number of halogens is 2. The van der Waals surface area contributed by atoms with E-state index in [1.807, 2.05) is 31.2 Å². The maximum Gasteiger partial charge on any atom is 0.251 e. The largest absolute Gasteiger partial charge is 0.346 e. The Bertz CT molecular complexity index is 564. The molecule has 0 unspecified atom stereocenters. The molecule has 0 saturated carbocycles. The zero-order valence-electron chi connectivity index (χ0n) is 10.4. The summed E-state index contributed by atoms with van der Waals surface area (Å²) in [6, 6.07) is 14.1. The van der Waals surface area contributed by atoms with E-state index in [1.54, 1.807) is 24.3 Å². The molecule has 0 fully saturated rings. The van der Waals surface area contributed by atoms with Crippen molar-refractivity contribution in [3.63, 3.8) is 0 Å². The van der Waals surface area contributed by atoms with Gasteiger partial charge in [-0.15, -0.1) is 0 Å². The lowest BCUT2D eigenvalue weighted by Gasteiger charge is -2.14. The van der Waals surface area contributed by atoms with E-state index in [1.165, 1.54) is 0 Å². The van der Waals surface area contributed by atoms with Gasteiger partial charge in [-0.3, -0.25) is 4.79 Å². The molecule has 0 radical (unpaired) electrons. The predicted molar refractivity (Wildman–Crippen MR) is 78.8 cm³/mol. The van der Waals surface area contributed by atoms with Crippen LogP contribution in [0.25, 0.3) is 0 Å². The van der Waals surface area contributed by atoms with Crippen LogP contribution in [0.5, 0.6) is 0 Å². The first-order valence-corrected chi connectivity index (χ1v) is 6.64. The standard InChI is InChI=1S/C15H13Cl2NO/c1-10(11-2-6-13(16)7-3-11)18-15(19)12-4-8-14(17)9-5-12/h2-10H,1H3,(H,18,19)/t10-/m0/s1. The summed E-state index contributed by atoms with van der Waals surface area (Å²) < 4.78 is 0. The molecule has 0 bridgehead atoms. The maximum absolute atomic E-state index is 12.0. The zero-order chi connectivity index (χ0) is 13.8. The molecule has 1 atom stereocenters. The van der Waals surface area contributed by atoms with Crippen LogP contribution in [0.15, 0.2) is 48.5 Å². The highest BCUT2D eigenvalue weighted by Gasteiger charge is 2.11. The molecule has 0 aromatic heterocycles. The summed E-state index contributed by atoms with van der Waals surface area (Å²) in [5.74, 6) is -0.126. The van der Waals surface area contributed by atoms with Gasteiger partial charge in [0, 0.05) is 15.6 Å². The third-order valence-corrected chi connectivity index (χ3v) is 3.33. The Labute approximate surface area is 122 Å². The molecular formula is C15H13Cl2NO. The van der Waals surface area contributed by atoms with Crippen LogP contribution in [0.3, 0.4) is 0 Å². The van der Waals surface area contributed by atoms with E-state index in [2.05, 4.69) is 5.32 Å². The monoisotopic (exact) mass is 293 g/mol. The lowest BCUT2D eigenvalue weighted by molar-refractivity contribution is 0.0940. The minimum absolute atomic E-state index is 0.0829. The highest BCUT2D eigenvalue weighted by molar-refractivity contribution is 6.30. The van der Waals surface area contributed by atoms with E-state index in [4.69, 9.17) is 23.2 Å². The van der Waals surface area contributed by atoms with Gasteiger partial charge >= 0.3 is 0 Å². The first-order valence-electron chi connectivity index (χ1n) is 5.88. The molecule has 0 heterocycles. The van der Waals surface area contributed by atoms with Crippen LogP contribution in [-0.4, -0.2) is 5.91 Å². The number of benzene rings is 2. The zero-order valence-corrected chi connectivity index (χ0v) is 11.9. The molecule has 0 saturated heterocycles. The van der Waals surface area contributed by atoms with Gasteiger partial charge in [-0.05, 0) is 48.9 Å². The second-order valence-corrected chi connectivity index (χ2v) is 5.13. The molecule has 98 valence electrons. The van der Waals surface area contributed by atoms with E-state index in [-0.39, 0.29) is 11.9 Å². The molecule has 1 N–H and O–H groups in total. The van der Waals surface area contributed by atoms with Gasteiger partial charge in [0.25, 0.3) is 5.91 Å². The third kappa shape index (κ3) is 3.72. The predicted octanol–water partition coefficient (Wildman–Crippen LogP) is 4.48. The van der Waals surface area contributed by atoms with E-state index < -0.39 is 0 Å². The van der Waals surface area contributed by atoms with Crippen molar-refractivity contribution in [3.05, 3.63) is 69.7 Å². The van der Waals surface area contributed by atoms with Crippen molar-refractivity contribution in [1.82, 2.24) is 5.32 Å². The Hall–Kier alpha value is -1.51. The molecule has 19 heavy (non-hydrogen) atoms. The normalized spacial score (nSPS) is 11.9. The molecule has 0 aliphatic rings. The van der Waals surface area contributed by atoms with Gasteiger partial charge in [-0.1, -0.05) is 35.3 Å². The number of carbonyl (C=O) groups excluding carboxylic acids is 1. The average Bonchev–Trinajstić information content (AvgIpc) is 2.40. The highest BCUT2D eigenvalue weighted by Crippen LogP contribution is 2.17. The molecule has 4 heteroatoms. The molecule has 0 aliphatic carbocycles. The third-order valence-electron chi connectivity index (χ3n) is 2.82.